The van der Waals surface area contributed by atoms with Crippen LogP contribution in [0.15, 0.2) is 12.4 Å². The van der Waals surface area contributed by atoms with Crippen LogP contribution in [0.1, 0.15) is 49.9 Å². The number of nitrogens with one attached hydrogen (secondary N) is 2. The molecule has 25 heavy (non-hydrogen) atoms. The molecule has 1 amide bonds. The predicted octanol–water partition coefficient (Wildman–Crippen LogP) is 2.39. The van der Waals surface area contributed by atoms with Crippen molar-refractivity contribution in [2.24, 2.45) is 0 Å². The maximum Gasteiger partial charge on any atom is 0.254 e. The van der Waals surface area contributed by atoms with Gasteiger partial charge in [-0.2, -0.15) is 11.8 Å². The lowest BCUT2D eigenvalue weighted by molar-refractivity contribution is 0.0886. The number of hydrogen-bond donors (Lipinski definition) is 2. The molecule has 2 aliphatic rings. The number of hydrogen-bond acceptors (Lipinski definition) is 6. The second-order valence-corrected chi connectivity index (χ2v) is 8.45. The second-order valence-electron chi connectivity index (χ2n) is 7.22. The molecule has 7 heteroatoms. The van der Waals surface area contributed by atoms with Crippen molar-refractivity contribution in [3.63, 3.8) is 0 Å². The number of amides is 1. The number of nitrogens with zero attached hydrogens (tertiary/aromatic N) is 3. The van der Waals surface area contributed by atoms with Crippen LogP contribution in [0, 0.1) is 0 Å². The first kappa shape index (κ1) is 18.5. The van der Waals surface area contributed by atoms with Gasteiger partial charge >= 0.3 is 0 Å². The third-order valence-electron chi connectivity index (χ3n) is 4.90. The van der Waals surface area contributed by atoms with Crippen LogP contribution in [-0.4, -0.2) is 63.5 Å². The minimum absolute atomic E-state index is 0.0661. The SMILES string of the molecule is CC(C)Nc1ncc(C(=O)NC2CCN(C3CCSCC3)CC2)cn1. The summed E-state index contributed by atoms with van der Waals surface area (Å²) in [7, 11) is 0. The Balaban J connectivity index is 1.45. The van der Waals surface area contributed by atoms with Gasteiger partial charge in [-0.25, -0.2) is 9.97 Å². The Kier molecular flexibility index (Phi) is 6.53. The van der Waals surface area contributed by atoms with Gasteiger partial charge in [-0.05, 0) is 51.0 Å². The maximum atomic E-state index is 12.4. The minimum atomic E-state index is -0.0661. The Morgan fingerprint density at radius 2 is 1.80 bits per heavy atom. The van der Waals surface area contributed by atoms with Crippen LogP contribution in [0.4, 0.5) is 5.95 Å². The van der Waals surface area contributed by atoms with Gasteiger partial charge in [0.05, 0.1) is 5.56 Å². The zero-order valence-corrected chi connectivity index (χ0v) is 16.0. The standard InChI is InChI=1S/C18H29N5OS/c1-13(2)21-18-19-11-14(12-20-18)17(24)22-15-3-7-23(8-4-15)16-5-9-25-10-6-16/h11-13,15-16H,3-10H2,1-2H3,(H,22,24)(H,19,20,21). The highest BCUT2D eigenvalue weighted by molar-refractivity contribution is 7.99. The lowest BCUT2D eigenvalue weighted by atomic mass is 10.0. The van der Waals surface area contributed by atoms with Crippen molar-refractivity contribution in [1.29, 1.82) is 0 Å². The molecule has 0 saturated carbocycles. The lowest BCUT2D eigenvalue weighted by Crippen LogP contribution is -2.48. The highest BCUT2D eigenvalue weighted by atomic mass is 32.2. The van der Waals surface area contributed by atoms with E-state index in [0.717, 1.165) is 32.0 Å². The van der Waals surface area contributed by atoms with Gasteiger partial charge in [0.1, 0.15) is 0 Å². The van der Waals surface area contributed by atoms with E-state index in [4.69, 9.17) is 0 Å². The monoisotopic (exact) mass is 363 g/mol. The summed E-state index contributed by atoms with van der Waals surface area (Å²) in [5.74, 6) is 3.08. The van der Waals surface area contributed by atoms with Crippen molar-refractivity contribution in [1.82, 2.24) is 20.2 Å². The van der Waals surface area contributed by atoms with Gasteiger partial charge in [-0.1, -0.05) is 0 Å². The van der Waals surface area contributed by atoms with E-state index in [2.05, 4.69) is 37.3 Å². The van der Waals surface area contributed by atoms with E-state index in [0.29, 0.717) is 11.5 Å². The van der Waals surface area contributed by atoms with Gasteiger partial charge < -0.3 is 15.5 Å². The van der Waals surface area contributed by atoms with Crippen molar-refractivity contribution in [3.8, 4) is 0 Å². The molecule has 0 aliphatic carbocycles. The molecule has 138 valence electrons. The van der Waals surface area contributed by atoms with Gasteiger partial charge in [0.25, 0.3) is 5.91 Å². The molecule has 0 aromatic carbocycles. The maximum absolute atomic E-state index is 12.4. The summed E-state index contributed by atoms with van der Waals surface area (Å²) in [5.41, 5.74) is 0.529. The summed E-state index contributed by atoms with van der Waals surface area (Å²) in [6, 6.07) is 1.29. The lowest BCUT2D eigenvalue weighted by Gasteiger charge is -2.39. The minimum Gasteiger partial charge on any atom is -0.352 e. The number of thioether (sulfide) groups is 1. The fraction of sp³-hybridized carbons (Fsp3) is 0.722. The van der Waals surface area contributed by atoms with Crippen molar-refractivity contribution >= 4 is 23.6 Å². The van der Waals surface area contributed by atoms with E-state index < -0.39 is 0 Å². The highest BCUT2D eigenvalue weighted by Gasteiger charge is 2.27. The molecule has 1 aromatic rings. The Bertz CT molecular complexity index is 551. The van der Waals surface area contributed by atoms with Crippen LogP contribution in [0.25, 0.3) is 0 Å². The van der Waals surface area contributed by atoms with E-state index in [-0.39, 0.29) is 18.0 Å². The largest absolute Gasteiger partial charge is 0.352 e. The summed E-state index contributed by atoms with van der Waals surface area (Å²) in [6.07, 6.45) is 7.89. The summed E-state index contributed by atoms with van der Waals surface area (Å²) in [5, 5.41) is 6.28. The fourth-order valence-corrected chi connectivity index (χ4v) is 4.59. The number of likely N-dealkylation sites (tertiary alicyclic amines) is 1. The van der Waals surface area contributed by atoms with Gasteiger partial charge in [0, 0.05) is 43.6 Å². The van der Waals surface area contributed by atoms with E-state index in [1.165, 1.54) is 24.3 Å². The first-order valence-corrected chi connectivity index (χ1v) is 10.5. The normalized spacial score (nSPS) is 20.6. The molecular weight excluding hydrogens is 334 g/mol. The quantitative estimate of drug-likeness (QED) is 0.837. The van der Waals surface area contributed by atoms with E-state index >= 15 is 0 Å². The fourth-order valence-electron chi connectivity index (χ4n) is 3.51. The van der Waals surface area contributed by atoms with Crippen LogP contribution >= 0.6 is 11.8 Å². The number of rotatable bonds is 5. The third-order valence-corrected chi connectivity index (χ3v) is 5.95. The molecule has 0 spiro atoms. The molecule has 0 atom stereocenters. The van der Waals surface area contributed by atoms with Crippen LogP contribution in [0.2, 0.25) is 0 Å². The number of aromatic nitrogens is 2. The van der Waals surface area contributed by atoms with Crippen LogP contribution in [0.3, 0.4) is 0 Å². The number of anilines is 1. The molecule has 2 fully saturated rings. The van der Waals surface area contributed by atoms with Crippen LogP contribution in [-0.2, 0) is 0 Å². The number of carbonyl (C=O) groups is 1. The van der Waals surface area contributed by atoms with Gasteiger partial charge in [-0.15, -0.1) is 0 Å². The van der Waals surface area contributed by atoms with Crippen LogP contribution in [0.5, 0.6) is 0 Å². The van der Waals surface area contributed by atoms with Crippen molar-refractivity contribution in [2.75, 3.05) is 29.9 Å². The van der Waals surface area contributed by atoms with Crippen LogP contribution < -0.4 is 10.6 Å². The van der Waals surface area contributed by atoms with E-state index in [1.807, 2.05) is 13.8 Å². The smallest absolute Gasteiger partial charge is 0.254 e. The first-order valence-electron chi connectivity index (χ1n) is 9.33. The number of piperidine rings is 1. The molecule has 2 saturated heterocycles. The van der Waals surface area contributed by atoms with Gasteiger partial charge in [0.2, 0.25) is 5.95 Å². The van der Waals surface area contributed by atoms with Gasteiger partial charge in [0.15, 0.2) is 0 Å². The van der Waals surface area contributed by atoms with E-state index in [1.54, 1.807) is 12.4 Å². The molecular formula is C18H29N5OS. The molecule has 0 unspecified atom stereocenters. The Morgan fingerprint density at radius 3 is 2.40 bits per heavy atom. The van der Waals surface area contributed by atoms with Gasteiger partial charge in [-0.3, -0.25) is 4.79 Å². The average Bonchev–Trinajstić information content (AvgIpc) is 2.63. The summed E-state index contributed by atoms with van der Waals surface area (Å²) >= 11 is 2.07. The molecule has 3 heterocycles. The Labute approximate surface area is 154 Å². The zero-order valence-electron chi connectivity index (χ0n) is 15.2. The third kappa shape index (κ3) is 5.31. The first-order chi connectivity index (χ1) is 12.1. The van der Waals surface area contributed by atoms with Crippen molar-refractivity contribution in [2.45, 2.75) is 57.7 Å². The van der Waals surface area contributed by atoms with E-state index in [9.17, 15) is 4.79 Å². The average molecular weight is 364 g/mol. The molecule has 2 N–H and O–H groups in total. The topological polar surface area (TPSA) is 70.2 Å². The van der Waals surface area contributed by atoms with Crippen molar-refractivity contribution < 1.29 is 4.79 Å². The molecule has 0 radical (unpaired) electrons. The zero-order chi connectivity index (χ0) is 17.6. The Morgan fingerprint density at radius 1 is 1.16 bits per heavy atom. The molecule has 3 rings (SSSR count). The summed E-state index contributed by atoms with van der Waals surface area (Å²) < 4.78 is 0. The predicted molar refractivity (Wildman–Crippen MR) is 103 cm³/mol. The molecule has 6 nitrogen and oxygen atoms in total. The summed E-state index contributed by atoms with van der Waals surface area (Å²) in [6.45, 7) is 6.24. The molecule has 1 aromatic heterocycles. The summed E-state index contributed by atoms with van der Waals surface area (Å²) in [4.78, 5) is 23.5. The highest BCUT2D eigenvalue weighted by Crippen LogP contribution is 2.24. The second kappa shape index (κ2) is 8.85. The Hall–Kier alpha value is -1.34. The number of carbonyl (C=O) groups excluding carboxylic acids is 1. The molecule has 0 bridgehead atoms. The molecule has 2 aliphatic heterocycles. The van der Waals surface area contributed by atoms with Crippen molar-refractivity contribution in [3.05, 3.63) is 18.0 Å².